The summed E-state index contributed by atoms with van der Waals surface area (Å²) in [4.78, 5) is 25.3. The summed E-state index contributed by atoms with van der Waals surface area (Å²) in [6.07, 6.45) is -3.09. The van der Waals surface area contributed by atoms with E-state index in [9.17, 15) is 22.8 Å². The van der Waals surface area contributed by atoms with Gasteiger partial charge >= 0.3 is 12.2 Å². The first kappa shape index (κ1) is 19.0. The molecular formula is C16H20F3N3O3. The van der Waals surface area contributed by atoms with Crippen molar-refractivity contribution in [3.05, 3.63) is 24.3 Å². The fraction of sp³-hybridized carbons (Fsp3) is 0.500. The summed E-state index contributed by atoms with van der Waals surface area (Å²) in [6, 6.07) is 5.67. The molecule has 1 aliphatic heterocycles. The van der Waals surface area contributed by atoms with E-state index in [1.165, 1.54) is 6.92 Å². The molecule has 2 rings (SSSR count). The molecule has 6 nitrogen and oxygen atoms in total. The summed E-state index contributed by atoms with van der Waals surface area (Å²) < 4.78 is 40.5. The van der Waals surface area contributed by atoms with Gasteiger partial charge in [0.2, 0.25) is 5.91 Å². The van der Waals surface area contributed by atoms with Crippen molar-refractivity contribution < 1.29 is 27.5 Å². The van der Waals surface area contributed by atoms with E-state index in [1.54, 1.807) is 29.2 Å². The number of rotatable bonds is 6. The Hall–Kier alpha value is -2.29. The van der Waals surface area contributed by atoms with E-state index < -0.39 is 24.9 Å². The Kier molecular flexibility index (Phi) is 6.24. The number of carbonyl (C=O) groups excluding carboxylic acids is 2. The highest BCUT2D eigenvalue weighted by Crippen LogP contribution is 2.24. The molecule has 0 aromatic heterocycles. The lowest BCUT2D eigenvalue weighted by Crippen LogP contribution is -2.39. The minimum atomic E-state index is -4.39. The van der Waals surface area contributed by atoms with Crippen LogP contribution in [0.4, 0.5) is 29.3 Å². The fourth-order valence-electron chi connectivity index (χ4n) is 2.46. The predicted molar refractivity (Wildman–Crippen MR) is 86.5 cm³/mol. The molecule has 1 atom stereocenters. The average molecular weight is 359 g/mol. The first-order valence-electron chi connectivity index (χ1n) is 7.87. The molecule has 1 saturated heterocycles. The lowest BCUT2D eigenvalue weighted by molar-refractivity contribution is -0.174. The molecule has 0 radical (unpaired) electrons. The number of hydrogen-bond acceptors (Lipinski definition) is 3. The van der Waals surface area contributed by atoms with Crippen LogP contribution >= 0.6 is 0 Å². The molecule has 9 heteroatoms. The molecule has 0 aliphatic carbocycles. The quantitative estimate of drug-likeness (QED) is 0.820. The molecular weight excluding hydrogens is 339 g/mol. The zero-order chi connectivity index (χ0) is 18.4. The molecule has 138 valence electrons. The van der Waals surface area contributed by atoms with Crippen LogP contribution in [0.1, 0.15) is 19.8 Å². The number of nitrogens with zero attached hydrogens (tertiary/aromatic N) is 1. The van der Waals surface area contributed by atoms with Gasteiger partial charge in [0.25, 0.3) is 0 Å². The van der Waals surface area contributed by atoms with Gasteiger partial charge in [-0.1, -0.05) is 6.07 Å². The van der Waals surface area contributed by atoms with Gasteiger partial charge in [-0.05, 0) is 31.5 Å². The van der Waals surface area contributed by atoms with Crippen LogP contribution in [0, 0.1) is 0 Å². The molecule has 1 aromatic carbocycles. The smallest absolute Gasteiger partial charge is 0.370 e. The Morgan fingerprint density at radius 1 is 1.40 bits per heavy atom. The van der Waals surface area contributed by atoms with Crippen LogP contribution in [0.3, 0.4) is 0 Å². The van der Waals surface area contributed by atoms with Crippen molar-refractivity contribution in [2.24, 2.45) is 0 Å². The van der Waals surface area contributed by atoms with Crippen molar-refractivity contribution in [3.63, 3.8) is 0 Å². The fourth-order valence-corrected chi connectivity index (χ4v) is 2.46. The number of hydrogen-bond donors (Lipinski definition) is 2. The molecule has 0 unspecified atom stereocenters. The Morgan fingerprint density at radius 2 is 2.16 bits per heavy atom. The molecule has 1 aromatic rings. The maximum Gasteiger partial charge on any atom is 0.411 e. The van der Waals surface area contributed by atoms with Gasteiger partial charge in [0.15, 0.2) is 0 Å². The molecule has 1 aliphatic rings. The predicted octanol–water partition coefficient (Wildman–Crippen LogP) is 2.90. The van der Waals surface area contributed by atoms with E-state index >= 15 is 0 Å². The maximum absolute atomic E-state index is 12.0. The van der Waals surface area contributed by atoms with Gasteiger partial charge in [0.05, 0.1) is 12.6 Å². The van der Waals surface area contributed by atoms with Gasteiger partial charge in [-0.25, -0.2) is 4.79 Å². The largest absolute Gasteiger partial charge is 0.411 e. The van der Waals surface area contributed by atoms with Crippen molar-refractivity contribution >= 4 is 23.3 Å². The molecule has 2 N–H and O–H groups in total. The summed E-state index contributed by atoms with van der Waals surface area (Å²) in [5.74, 6) is 0.0389. The van der Waals surface area contributed by atoms with E-state index in [4.69, 9.17) is 0 Å². The van der Waals surface area contributed by atoms with Gasteiger partial charge in [-0.15, -0.1) is 0 Å². The number of nitrogens with one attached hydrogen (secondary N) is 2. The Morgan fingerprint density at radius 3 is 2.80 bits per heavy atom. The first-order valence-corrected chi connectivity index (χ1v) is 7.87. The minimum Gasteiger partial charge on any atom is -0.370 e. The van der Waals surface area contributed by atoms with Crippen LogP contribution in [-0.2, 0) is 9.53 Å². The minimum absolute atomic E-state index is 0.0389. The van der Waals surface area contributed by atoms with Crippen LogP contribution in [-0.4, -0.2) is 43.9 Å². The number of benzene rings is 1. The highest BCUT2D eigenvalue weighted by molar-refractivity contribution is 5.96. The summed E-state index contributed by atoms with van der Waals surface area (Å²) >= 11 is 0. The van der Waals surface area contributed by atoms with Crippen molar-refractivity contribution in [1.29, 1.82) is 0 Å². The Balaban J connectivity index is 1.83. The van der Waals surface area contributed by atoms with Crippen LogP contribution in [0.5, 0.6) is 0 Å². The van der Waals surface area contributed by atoms with Gasteiger partial charge in [-0.3, -0.25) is 4.79 Å². The molecule has 0 spiro atoms. The van der Waals surface area contributed by atoms with E-state index in [0.29, 0.717) is 24.3 Å². The number of urea groups is 1. The van der Waals surface area contributed by atoms with Gasteiger partial charge < -0.3 is 20.3 Å². The second-order valence-corrected chi connectivity index (χ2v) is 5.83. The van der Waals surface area contributed by atoms with Crippen molar-refractivity contribution in [2.45, 2.75) is 32.0 Å². The average Bonchev–Trinajstić information content (AvgIpc) is 2.92. The van der Waals surface area contributed by atoms with Crippen LogP contribution in [0.2, 0.25) is 0 Å². The summed E-state index contributed by atoms with van der Waals surface area (Å²) in [6.45, 7) is 0.569. The third kappa shape index (κ3) is 6.26. The van der Waals surface area contributed by atoms with Crippen LogP contribution < -0.4 is 15.5 Å². The van der Waals surface area contributed by atoms with Gasteiger partial charge in [0, 0.05) is 24.3 Å². The van der Waals surface area contributed by atoms with Crippen LogP contribution in [0.15, 0.2) is 24.3 Å². The highest BCUT2D eigenvalue weighted by Gasteiger charge is 2.27. The molecule has 25 heavy (non-hydrogen) atoms. The maximum atomic E-state index is 12.0. The lowest BCUT2D eigenvalue weighted by atomic mass is 10.2. The van der Waals surface area contributed by atoms with Crippen molar-refractivity contribution in [2.75, 3.05) is 30.0 Å². The number of carbonyl (C=O) groups is 2. The highest BCUT2D eigenvalue weighted by atomic mass is 19.4. The summed E-state index contributed by atoms with van der Waals surface area (Å²) in [7, 11) is 0. The summed E-state index contributed by atoms with van der Waals surface area (Å²) in [5, 5.41) is 5.08. The third-order valence-corrected chi connectivity index (χ3v) is 3.50. The zero-order valence-electron chi connectivity index (χ0n) is 13.7. The van der Waals surface area contributed by atoms with E-state index in [1.807, 2.05) is 0 Å². The molecule has 0 saturated carbocycles. The molecule has 1 heterocycles. The van der Waals surface area contributed by atoms with E-state index in [0.717, 1.165) is 6.42 Å². The molecule has 0 bridgehead atoms. The number of anilines is 2. The van der Waals surface area contributed by atoms with Crippen LogP contribution in [0.25, 0.3) is 0 Å². The van der Waals surface area contributed by atoms with E-state index in [2.05, 4.69) is 15.4 Å². The topological polar surface area (TPSA) is 70.7 Å². The Bertz CT molecular complexity index is 622. The zero-order valence-corrected chi connectivity index (χ0v) is 13.7. The third-order valence-electron chi connectivity index (χ3n) is 3.50. The monoisotopic (exact) mass is 359 g/mol. The SMILES string of the molecule is C[C@@H](COCC(F)(F)F)NC(=O)Nc1cccc(N2CCCC2=O)c1. The lowest BCUT2D eigenvalue weighted by Gasteiger charge is -2.18. The van der Waals surface area contributed by atoms with Crippen molar-refractivity contribution in [3.8, 4) is 0 Å². The standard InChI is InChI=1S/C16H20F3N3O3/c1-11(9-25-10-16(17,18)19)20-15(24)21-12-4-2-5-13(8-12)22-7-3-6-14(22)23/h2,4-5,8,11H,3,6-7,9-10H2,1H3,(H2,20,21,24)/t11-/m0/s1. The number of ether oxygens (including phenoxy) is 1. The number of halogens is 3. The normalized spacial score (nSPS) is 16.0. The van der Waals surface area contributed by atoms with Gasteiger partial charge in [0.1, 0.15) is 6.61 Å². The van der Waals surface area contributed by atoms with Gasteiger partial charge in [-0.2, -0.15) is 13.2 Å². The molecule has 3 amide bonds. The number of amides is 3. The number of alkyl halides is 3. The first-order chi connectivity index (χ1) is 11.7. The second kappa shape index (κ2) is 8.19. The van der Waals surface area contributed by atoms with E-state index in [-0.39, 0.29) is 12.5 Å². The second-order valence-electron chi connectivity index (χ2n) is 5.83. The van der Waals surface area contributed by atoms with Crippen molar-refractivity contribution in [1.82, 2.24) is 5.32 Å². The summed E-state index contributed by atoms with van der Waals surface area (Å²) in [5.41, 5.74) is 1.18. The Labute approximate surface area is 143 Å². The molecule has 1 fully saturated rings.